The number of alkyl halides is 3. The van der Waals surface area contributed by atoms with E-state index >= 15 is 0 Å². The number of hydrogen-bond donors (Lipinski definition) is 2. The van der Waals surface area contributed by atoms with Crippen molar-refractivity contribution in [3.8, 4) is 11.1 Å². The largest absolute Gasteiger partial charge is 0.425 e. The first-order valence-electron chi connectivity index (χ1n) is 6.13. The molecule has 0 aliphatic heterocycles. The lowest BCUT2D eigenvalue weighted by Gasteiger charge is -2.28. The van der Waals surface area contributed by atoms with Gasteiger partial charge in [-0.3, -0.25) is 0 Å². The average molecular weight is 315 g/mol. The summed E-state index contributed by atoms with van der Waals surface area (Å²) in [6.45, 7) is -0.467. The minimum atomic E-state index is -4.90. The molecular weight excluding hydrogens is 305 g/mol. The van der Waals surface area contributed by atoms with Gasteiger partial charge in [0.05, 0.1) is 6.61 Å². The SMILES string of the molecule is OCc1cc(Cl)cc2c1-c1ccccc1[C@@]2(O)C(F)(F)F. The molecule has 0 saturated carbocycles. The van der Waals surface area contributed by atoms with E-state index in [1.54, 1.807) is 6.07 Å². The number of aliphatic hydroxyl groups is 2. The van der Waals surface area contributed by atoms with E-state index in [1.165, 1.54) is 24.3 Å². The molecule has 1 aliphatic rings. The molecule has 110 valence electrons. The Kier molecular flexibility index (Phi) is 3.06. The first-order chi connectivity index (χ1) is 9.80. The van der Waals surface area contributed by atoms with Gasteiger partial charge in [-0.1, -0.05) is 35.9 Å². The van der Waals surface area contributed by atoms with E-state index in [9.17, 15) is 23.4 Å². The van der Waals surface area contributed by atoms with Crippen molar-refractivity contribution in [1.29, 1.82) is 0 Å². The summed E-state index contributed by atoms with van der Waals surface area (Å²) in [5.74, 6) is 0. The third-order valence-electron chi connectivity index (χ3n) is 3.74. The van der Waals surface area contributed by atoms with E-state index in [0.29, 0.717) is 0 Å². The zero-order valence-corrected chi connectivity index (χ0v) is 11.3. The molecule has 3 rings (SSSR count). The molecule has 0 spiro atoms. The standard InChI is InChI=1S/C15H10ClF3O2/c16-9-5-8(7-20)13-10-3-1-2-4-11(10)14(21,12(13)6-9)15(17,18)19/h1-6,20-21H,7H2/t14-/m0/s1. The van der Waals surface area contributed by atoms with E-state index < -0.39 is 18.4 Å². The van der Waals surface area contributed by atoms with E-state index in [-0.39, 0.29) is 32.8 Å². The summed E-state index contributed by atoms with van der Waals surface area (Å²) in [6, 6.07) is 8.24. The first kappa shape index (κ1) is 14.4. The Morgan fingerprint density at radius 3 is 2.38 bits per heavy atom. The van der Waals surface area contributed by atoms with E-state index in [0.717, 1.165) is 6.07 Å². The zero-order chi connectivity index (χ0) is 15.4. The minimum absolute atomic E-state index is 0.0354. The molecule has 0 fully saturated rings. The predicted octanol–water partition coefficient (Wildman–Crippen LogP) is 3.61. The van der Waals surface area contributed by atoms with Gasteiger partial charge >= 0.3 is 6.18 Å². The monoisotopic (exact) mass is 314 g/mol. The van der Waals surface area contributed by atoms with Crippen molar-refractivity contribution in [2.24, 2.45) is 0 Å². The number of aliphatic hydroxyl groups excluding tert-OH is 1. The van der Waals surface area contributed by atoms with Crippen molar-refractivity contribution in [2.75, 3.05) is 0 Å². The van der Waals surface area contributed by atoms with Gasteiger partial charge in [0.25, 0.3) is 0 Å². The highest BCUT2D eigenvalue weighted by Gasteiger charge is 2.61. The van der Waals surface area contributed by atoms with Crippen LogP contribution in [-0.2, 0) is 12.2 Å². The lowest BCUT2D eigenvalue weighted by molar-refractivity contribution is -0.246. The predicted molar refractivity (Wildman–Crippen MR) is 71.9 cm³/mol. The number of hydrogen-bond acceptors (Lipinski definition) is 2. The van der Waals surface area contributed by atoms with Gasteiger partial charge in [-0.25, -0.2) is 0 Å². The molecule has 0 saturated heterocycles. The third-order valence-corrected chi connectivity index (χ3v) is 3.96. The molecule has 2 aromatic carbocycles. The van der Waals surface area contributed by atoms with Crippen LogP contribution in [0.25, 0.3) is 11.1 Å². The van der Waals surface area contributed by atoms with Gasteiger partial charge in [-0.05, 0) is 28.8 Å². The maximum absolute atomic E-state index is 13.5. The van der Waals surface area contributed by atoms with Crippen LogP contribution in [0.3, 0.4) is 0 Å². The molecule has 0 radical (unpaired) electrons. The third kappa shape index (κ3) is 1.81. The van der Waals surface area contributed by atoms with Crippen molar-refractivity contribution in [1.82, 2.24) is 0 Å². The maximum Gasteiger partial charge on any atom is 0.425 e. The molecule has 0 bridgehead atoms. The quantitative estimate of drug-likeness (QED) is 0.844. The number of fused-ring (bicyclic) bond motifs is 3. The van der Waals surface area contributed by atoms with Crippen molar-refractivity contribution in [3.05, 3.63) is 58.1 Å². The van der Waals surface area contributed by atoms with Crippen LogP contribution >= 0.6 is 11.6 Å². The van der Waals surface area contributed by atoms with Crippen molar-refractivity contribution >= 4 is 11.6 Å². The highest BCUT2D eigenvalue weighted by atomic mass is 35.5. The molecule has 0 amide bonds. The van der Waals surface area contributed by atoms with Crippen LogP contribution in [0.2, 0.25) is 5.02 Å². The molecule has 0 unspecified atom stereocenters. The van der Waals surface area contributed by atoms with Crippen LogP contribution in [0.15, 0.2) is 36.4 Å². The van der Waals surface area contributed by atoms with Crippen LogP contribution < -0.4 is 0 Å². The fraction of sp³-hybridized carbons (Fsp3) is 0.200. The summed E-state index contributed by atoms with van der Waals surface area (Å²) >= 11 is 5.84. The minimum Gasteiger partial charge on any atom is -0.392 e. The van der Waals surface area contributed by atoms with Crippen LogP contribution in [0.4, 0.5) is 13.2 Å². The summed E-state index contributed by atoms with van der Waals surface area (Å²) in [5, 5.41) is 19.8. The Morgan fingerprint density at radius 1 is 1.10 bits per heavy atom. The fourth-order valence-electron chi connectivity index (χ4n) is 2.86. The fourth-order valence-corrected chi connectivity index (χ4v) is 3.10. The summed E-state index contributed by atoms with van der Waals surface area (Å²) in [4.78, 5) is 0. The average Bonchev–Trinajstić information content (AvgIpc) is 2.69. The normalized spacial score (nSPS) is 20.3. The summed E-state index contributed by atoms with van der Waals surface area (Å²) < 4.78 is 40.5. The summed E-state index contributed by atoms with van der Waals surface area (Å²) in [6.07, 6.45) is -4.90. The van der Waals surface area contributed by atoms with Crippen molar-refractivity contribution in [2.45, 2.75) is 18.4 Å². The van der Waals surface area contributed by atoms with Gasteiger partial charge in [-0.15, -0.1) is 0 Å². The van der Waals surface area contributed by atoms with Crippen molar-refractivity contribution in [3.63, 3.8) is 0 Å². The molecule has 2 aromatic rings. The molecule has 2 nitrogen and oxygen atoms in total. The van der Waals surface area contributed by atoms with Gasteiger partial charge in [0, 0.05) is 16.1 Å². The van der Waals surface area contributed by atoms with Gasteiger partial charge in [0.1, 0.15) is 0 Å². The molecule has 2 N–H and O–H groups in total. The number of halogens is 4. The van der Waals surface area contributed by atoms with E-state index in [2.05, 4.69) is 0 Å². The molecule has 21 heavy (non-hydrogen) atoms. The van der Waals surface area contributed by atoms with Crippen LogP contribution in [0, 0.1) is 0 Å². The Labute approximate surface area is 123 Å². The Morgan fingerprint density at radius 2 is 1.76 bits per heavy atom. The highest BCUT2D eigenvalue weighted by molar-refractivity contribution is 6.31. The summed E-state index contributed by atoms with van der Waals surface area (Å²) in [7, 11) is 0. The molecule has 1 aliphatic carbocycles. The number of benzene rings is 2. The molecule has 6 heteroatoms. The highest BCUT2D eigenvalue weighted by Crippen LogP contribution is 2.56. The first-order valence-corrected chi connectivity index (χ1v) is 6.51. The van der Waals surface area contributed by atoms with E-state index in [4.69, 9.17) is 11.6 Å². The molecular formula is C15H10ClF3O2. The van der Waals surface area contributed by atoms with Crippen LogP contribution in [0.1, 0.15) is 16.7 Å². The maximum atomic E-state index is 13.5. The van der Waals surface area contributed by atoms with Gasteiger partial charge in [0.15, 0.2) is 0 Å². The smallest absolute Gasteiger partial charge is 0.392 e. The van der Waals surface area contributed by atoms with Gasteiger partial charge < -0.3 is 10.2 Å². The van der Waals surface area contributed by atoms with Gasteiger partial charge in [0.2, 0.25) is 5.60 Å². The zero-order valence-electron chi connectivity index (χ0n) is 10.6. The molecule has 1 atom stereocenters. The van der Waals surface area contributed by atoms with Gasteiger partial charge in [-0.2, -0.15) is 13.2 Å². The number of rotatable bonds is 1. The van der Waals surface area contributed by atoms with E-state index in [1.807, 2.05) is 0 Å². The second-order valence-corrected chi connectivity index (χ2v) is 5.34. The Hall–Kier alpha value is -1.56. The lowest BCUT2D eigenvalue weighted by atomic mass is 9.90. The second kappa shape index (κ2) is 4.47. The van der Waals surface area contributed by atoms with Crippen LogP contribution in [0.5, 0.6) is 0 Å². The second-order valence-electron chi connectivity index (χ2n) is 4.90. The Balaban J connectivity index is 2.46. The summed E-state index contributed by atoms with van der Waals surface area (Å²) in [5.41, 5.74) is -3.00. The Bertz CT molecular complexity index is 727. The van der Waals surface area contributed by atoms with Crippen LogP contribution in [-0.4, -0.2) is 16.4 Å². The molecule has 0 aromatic heterocycles. The topological polar surface area (TPSA) is 40.5 Å². The van der Waals surface area contributed by atoms with Crippen molar-refractivity contribution < 1.29 is 23.4 Å². The molecule has 0 heterocycles. The lowest BCUT2D eigenvalue weighted by Crippen LogP contribution is -2.41.